The first-order valence-corrected chi connectivity index (χ1v) is 9.35. The molecular formula is C20H28N4O. The van der Waals surface area contributed by atoms with Gasteiger partial charge >= 0.3 is 0 Å². The molecule has 0 unspecified atom stereocenters. The fraction of sp³-hybridized carbons (Fsp3) is 0.650. The third-order valence-corrected chi connectivity index (χ3v) is 5.88. The van der Waals surface area contributed by atoms with Crippen molar-refractivity contribution in [2.75, 3.05) is 26.2 Å². The Bertz CT molecular complexity index is 641. The Morgan fingerprint density at radius 3 is 2.60 bits per heavy atom. The van der Waals surface area contributed by atoms with Gasteiger partial charge in [0.1, 0.15) is 5.69 Å². The second-order valence-electron chi connectivity index (χ2n) is 7.49. The second-order valence-corrected chi connectivity index (χ2v) is 7.49. The van der Waals surface area contributed by atoms with E-state index in [2.05, 4.69) is 20.8 Å². The lowest BCUT2D eigenvalue weighted by molar-refractivity contribution is -0.128. The smallest absolute Gasteiger partial charge is 0.274 e. The molecule has 1 saturated carbocycles. The number of pyridine rings is 1. The number of carbonyl (C=O) groups excluding carboxylic acids is 1. The molecule has 0 atom stereocenters. The van der Waals surface area contributed by atoms with Crippen LogP contribution in [0.25, 0.3) is 4.85 Å². The summed E-state index contributed by atoms with van der Waals surface area (Å²) in [6.07, 6.45) is 6.76. The number of hydrogen-bond donors (Lipinski definition) is 0. The number of carbonyl (C=O) groups is 1. The summed E-state index contributed by atoms with van der Waals surface area (Å²) in [5.74, 6) is 0.183. The van der Waals surface area contributed by atoms with Crippen molar-refractivity contribution in [3.63, 3.8) is 0 Å². The van der Waals surface area contributed by atoms with Crippen LogP contribution >= 0.6 is 0 Å². The highest BCUT2D eigenvalue weighted by molar-refractivity contribution is 5.73. The van der Waals surface area contributed by atoms with Crippen molar-refractivity contribution in [2.24, 2.45) is 0 Å². The summed E-state index contributed by atoms with van der Waals surface area (Å²) >= 11 is 0. The zero-order valence-corrected chi connectivity index (χ0v) is 15.4. The fourth-order valence-electron chi connectivity index (χ4n) is 4.23. The zero-order valence-electron chi connectivity index (χ0n) is 15.4. The summed E-state index contributed by atoms with van der Waals surface area (Å²) in [5, 5.41) is 0. The molecule has 25 heavy (non-hydrogen) atoms. The molecule has 134 valence electrons. The minimum Gasteiger partial charge on any atom is -0.342 e. The van der Waals surface area contributed by atoms with Gasteiger partial charge in [0.15, 0.2) is 0 Å². The average molecular weight is 340 g/mol. The Kier molecular flexibility index (Phi) is 5.39. The number of aryl methyl sites for hydroxylation is 1. The predicted octanol–water partition coefficient (Wildman–Crippen LogP) is 3.00. The second kappa shape index (κ2) is 7.53. The number of amides is 1. The van der Waals surface area contributed by atoms with Gasteiger partial charge in [0.2, 0.25) is 5.91 Å². The maximum absolute atomic E-state index is 11.6. The Morgan fingerprint density at radius 1 is 1.24 bits per heavy atom. The van der Waals surface area contributed by atoms with Crippen LogP contribution in [0.4, 0.5) is 0 Å². The van der Waals surface area contributed by atoms with Gasteiger partial charge in [-0.05, 0) is 37.8 Å². The Hall–Kier alpha value is -1.93. The van der Waals surface area contributed by atoms with Crippen LogP contribution in [0, 0.1) is 13.5 Å². The van der Waals surface area contributed by atoms with Crippen LogP contribution in [0.1, 0.15) is 50.3 Å². The van der Waals surface area contributed by atoms with Gasteiger partial charge in [-0.1, -0.05) is 6.07 Å². The van der Waals surface area contributed by atoms with E-state index in [1.54, 1.807) is 6.92 Å². The molecule has 0 aromatic carbocycles. The SMILES string of the molecule is [C-]#[N+]C1(c2ccc(C)cn2)CCC(N2CCCN(C(C)=O)CC2)CC1. The van der Waals surface area contributed by atoms with Crippen LogP contribution in [0.2, 0.25) is 0 Å². The highest BCUT2D eigenvalue weighted by Crippen LogP contribution is 2.41. The molecule has 1 aliphatic carbocycles. The number of rotatable bonds is 2. The molecule has 2 fully saturated rings. The van der Waals surface area contributed by atoms with Gasteiger partial charge in [0.05, 0.1) is 0 Å². The largest absolute Gasteiger partial charge is 0.342 e. The molecule has 1 saturated heterocycles. The molecular weight excluding hydrogens is 312 g/mol. The van der Waals surface area contributed by atoms with Gasteiger partial charge in [-0.3, -0.25) is 14.7 Å². The normalized spacial score (nSPS) is 28.2. The first-order valence-electron chi connectivity index (χ1n) is 9.35. The van der Waals surface area contributed by atoms with E-state index >= 15 is 0 Å². The average Bonchev–Trinajstić information content (AvgIpc) is 2.89. The molecule has 0 spiro atoms. The van der Waals surface area contributed by atoms with E-state index in [1.165, 1.54) is 0 Å². The summed E-state index contributed by atoms with van der Waals surface area (Å²) in [7, 11) is 0. The van der Waals surface area contributed by atoms with E-state index in [0.717, 1.165) is 69.5 Å². The first kappa shape index (κ1) is 17.9. The number of aromatic nitrogens is 1. The summed E-state index contributed by atoms with van der Waals surface area (Å²) in [5.41, 5.74) is 1.63. The molecule has 0 bridgehead atoms. The van der Waals surface area contributed by atoms with Crippen LogP contribution in [-0.2, 0) is 10.3 Å². The molecule has 3 rings (SSSR count). The van der Waals surface area contributed by atoms with Gasteiger partial charge in [-0.15, -0.1) is 0 Å². The Labute approximate surface area is 150 Å². The van der Waals surface area contributed by atoms with E-state index < -0.39 is 5.54 Å². The van der Waals surface area contributed by atoms with Crippen molar-refractivity contribution in [3.05, 3.63) is 41.0 Å². The van der Waals surface area contributed by atoms with Crippen LogP contribution in [0.3, 0.4) is 0 Å². The fourth-order valence-corrected chi connectivity index (χ4v) is 4.23. The van der Waals surface area contributed by atoms with E-state index in [4.69, 9.17) is 6.57 Å². The molecule has 1 aromatic heterocycles. The highest BCUT2D eigenvalue weighted by atomic mass is 16.2. The number of hydrogen-bond acceptors (Lipinski definition) is 3. The van der Waals surface area contributed by atoms with Crippen LogP contribution in [-0.4, -0.2) is 52.9 Å². The van der Waals surface area contributed by atoms with Crippen molar-refractivity contribution in [1.29, 1.82) is 0 Å². The summed E-state index contributed by atoms with van der Waals surface area (Å²) in [6.45, 7) is 15.2. The Balaban J connectivity index is 1.63. The molecule has 1 aromatic rings. The molecule has 0 radical (unpaired) electrons. The lowest BCUT2D eigenvalue weighted by Gasteiger charge is -2.37. The zero-order chi connectivity index (χ0) is 17.9. The number of nitrogens with zero attached hydrogens (tertiary/aromatic N) is 4. The standard InChI is InChI=1S/C20H28N4O/c1-16-5-6-19(22-15-16)20(21-3)9-7-18(8-10-20)24-12-4-11-23(13-14-24)17(2)25/h5-6,15,18H,4,7-14H2,1-2H3. The van der Waals surface area contributed by atoms with Crippen LogP contribution in [0.15, 0.2) is 18.3 Å². The molecule has 2 heterocycles. The quantitative estimate of drug-likeness (QED) is 0.777. The molecule has 1 aliphatic heterocycles. The lowest BCUT2D eigenvalue weighted by Crippen LogP contribution is -2.43. The lowest BCUT2D eigenvalue weighted by atomic mass is 9.77. The van der Waals surface area contributed by atoms with Crippen molar-refractivity contribution in [2.45, 2.75) is 57.5 Å². The van der Waals surface area contributed by atoms with E-state index in [1.807, 2.05) is 24.1 Å². The van der Waals surface area contributed by atoms with Gasteiger partial charge < -0.3 is 9.74 Å². The van der Waals surface area contributed by atoms with Crippen LogP contribution in [0.5, 0.6) is 0 Å². The molecule has 5 nitrogen and oxygen atoms in total. The minimum absolute atomic E-state index is 0.183. The maximum Gasteiger partial charge on any atom is 0.274 e. The van der Waals surface area contributed by atoms with E-state index in [9.17, 15) is 4.79 Å². The third kappa shape index (κ3) is 3.85. The van der Waals surface area contributed by atoms with Crippen molar-refractivity contribution in [3.8, 4) is 0 Å². The topological polar surface area (TPSA) is 40.8 Å². The van der Waals surface area contributed by atoms with Crippen molar-refractivity contribution >= 4 is 5.91 Å². The summed E-state index contributed by atoms with van der Waals surface area (Å²) < 4.78 is 0. The maximum atomic E-state index is 11.6. The molecule has 2 aliphatic rings. The Morgan fingerprint density at radius 2 is 2.00 bits per heavy atom. The van der Waals surface area contributed by atoms with Crippen molar-refractivity contribution < 1.29 is 4.79 Å². The van der Waals surface area contributed by atoms with Gasteiger partial charge in [0.25, 0.3) is 5.54 Å². The minimum atomic E-state index is -0.443. The summed E-state index contributed by atoms with van der Waals surface area (Å²) in [4.78, 5) is 24.7. The van der Waals surface area contributed by atoms with E-state index in [0.29, 0.717) is 6.04 Å². The van der Waals surface area contributed by atoms with Gasteiger partial charge in [-0.25, -0.2) is 6.57 Å². The molecule has 1 amide bonds. The molecule has 0 N–H and O–H groups in total. The van der Waals surface area contributed by atoms with Crippen LogP contribution < -0.4 is 0 Å². The molecule has 5 heteroatoms. The first-order chi connectivity index (χ1) is 12.0. The van der Waals surface area contributed by atoms with Crippen molar-refractivity contribution in [1.82, 2.24) is 14.8 Å². The van der Waals surface area contributed by atoms with Gasteiger partial charge in [-0.2, -0.15) is 0 Å². The monoisotopic (exact) mass is 340 g/mol. The van der Waals surface area contributed by atoms with Gasteiger partial charge in [0, 0.05) is 58.2 Å². The summed E-state index contributed by atoms with van der Waals surface area (Å²) in [6, 6.07) is 4.63. The highest BCUT2D eigenvalue weighted by Gasteiger charge is 2.45. The van der Waals surface area contributed by atoms with E-state index in [-0.39, 0.29) is 5.91 Å². The third-order valence-electron chi connectivity index (χ3n) is 5.88. The predicted molar refractivity (Wildman–Crippen MR) is 98.0 cm³/mol.